The minimum absolute atomic E-state index is 0.0715. The maximum absolute atomic E-state index is 12.7. The van der Waals surface area contributed by atoms with Gasteiger partial charge in [0.15, 0.2) is 5.11 Å². The van der Waals surface area contributed by atoms with Crippen molar-refractivity contribution in [2.45, 2.75) is 6.42 Å². The topological polar surface area (TPSA) is 97.9 Å². The highest BCUT2D eigenvalue weighted by molar-refractivity contribution is 7.80. The number of anilines is 1. The van der Waals surface area contributed by atoms with Crippen LogP contribution in [0.4, 0.5) is 5.69 Å². The lowest BCUT2D eigenvalue weighted by Gasteiger charge is -2.14. The first kappa shape index (κ1) is 26.7. The van der Waals surface area contributed by atoms with Gasteiger partial charge in [0.1, 0.15) is 24.7 Å². The van der Waals surface area contributed by atoms with E-state index >= 15 is 0 Å². The largest absolute Gasteiger partial charge is 0.490 e. The van der Waals surface area contributed by atoms with E-state index in [1.54, 1.807) is 55.6 Å². The molecule has 2 amide bonds. The number of carbonyl (C=O) groups excluding carboxylic acids is 2. The lowest BCUT2D eigenvalue weighted by Crippen LogP contribution is -2.35. The molecule has 0 unspecified atom stereocenters. The second-order valence-electron chi connectivity index (χ2n) is 7.59. The van der Waals surface area contributed by atoms with Crippen molar-refractivity contribution in [3.05, 3.63) is 90.0 Å². The second kappa shape index (κ2) is 14.4. The molecule has 0 aliphatic rings. The number of rotatable bonds is 12. The molecule has 0 aromatic heterocycles. The van der Waals surface area contributed by atoms with E-state index in [0.717, 1.165) is 5.75 Å². The van der Waals surface area contributed by atoms with Crippen LogP contribution >= 0.6 is 12.2 Å². The van der Waals surface area contributed by atoms with Crippen molar-refractivity contribution < 1.29 is 23.8 Å². The van der Waals surface area contributed by atoms with Crippen molar-refractivity contribution in [2.75, 3.05) is 38.8 Å². The molecule has 0 atom stereocenters. The fourth-order valence-electron chi connectivity index (χ4n) is 3.20. The van der Waals surface area contributed by atoms with E-state index in [9.17, 15) is 9.59 Å². The smallest absolute Gasteiger partial charge is 0.257 e. The number of hydrogen-bond donors (Lipinski definition) is 3. The molecule has 0 bridgehead atoms. The van der Waals surface area contributed by atoms with Gasteiger partial charge in [0.2, 0.25) is 0 Å². The fourth-order valence-corrected chi connectivity index (χ4v) is 3.40. The number of nitrogens with one attached hydrogen (secondary N) is 3. The molecule has 0 saturated heterocycles. The van der Waals surface area contributed by atoms with Crippen LogP contribution in [0.3, 0.4) is 0 Å². The predicted octanol–water partition coefficient (Wildman–Crippen LogP) is 4.04. The molecular formula is C27H29N3O5S. The van der Waals surface area contributed by atoms with Gasteiger partial charge in [-0.3, -0.25) is 14.9 Å². The van der Waals surface area contributed by atoms with Crippen molar-refractivity contribution in [1.29, 1.82) is 0 Å². The molecule has 3 rings (SSSR count). The van der Waals surface area contributed by atoms with E-state index in [1.807, 2.05) is 30.3 Å². The van der Waals surface area contributed by atoms with Crippen molar-refractivity contribution >= 4 is 34.8 Å². The summed E-state index contributed by atoms with van der Waals surface area (Å²) in [6.45, 7) is 1.74. The highest BCUT2D eigenvalue weighted by Gasteiger charge is 2.14. The summed E-state index contributed by atoms with van der Waals surface area (Å²) in [5, 5.41) is 8.48. The highest BCUT2D eigenvalue weighted by atomic mass is 32.1. The average molecular weight is 508 g/mol. The lowest BCUT2D eigenvalue weighted by atomic mass is 10.1. The van der Waals surface area contributed by atoms with Gasteiger partial charge in [-0.1, -0.05) is 36.4 Å². The van der Waals surface area contributed by atoms with Crippen LogP contribution in [0.15, 0.2) is 78.9 Å². The number of amides is 2. The third-order valence-electron chi connectivity index (χ3n) is 4.92. The van der Waals surface area contributed by atoms with E-state index in [4.69, 9.17) is 26.4 Å². The normalized spacial score (nSPS) is 10.2. The molecule has 0 fully saturated rings. The number of hydrogen-bond acceptors (Lipinski definition) is 6. The van der Waals surface area contributed by atoms with Gasteiger partial charge in [-0.05, 0) is 61.1 Å². The summed E-state index contributed by atoms with van der Waals surface area (Å²) in [6, 6.07) is 23.2. The fraction of sp³-hybridized carbons (Fsp3) is 0.222. The van der Waals surface area contributed by atoms with Crippen LogP contribution in [0.25, 0.3) is 0 Å². The Labute approximate surface area is 216 Å². The van der Waals surface area contributed by atoms with Crippen LogP contribution in [-0.2, 0) is 4.74 Å². The van der Waals surface area contributed by atoms with Gasteiger partial charge < -0.3 is 24.8 Å². The zero-order valence-corrected chi connectivity index (χ0v) is 20.8. The monoisotopic (exact) mass is 507 g/mol. The molecule has 3 N–H and O–H groups in total. The first-order chi connectivity index (χ1) is 17.6. The predicted molar refractivity (Wildman–Crippen MR) is 143 cm³/mol. The average Bonchev–Trinajstić information content (AvgIpc) is 2.90. The second-order valence-corrected chi connectivity index (χ2v) is 8.00. The van der Waals surface area contributed by atoms with E-state index < -0.39 is 5.91 Å². The number of methoxy groups -OCH3 is 1. The molecule has 3 aromatic rings. The minimum atomic E-state index is -0.403. The van der Waals surface area contributed by atoms with Crippen LogP contribution in [0.2, 0.25) is 0 Å². The standard InChI is InChI=1S/C27H29N3O5S/c1-33-16-8-15-28-26(32)23-13-5-6-14-24(23)29-27(36)30-25(31)20-9-7-12-22(19-20)35-18-17-34-21-10-3-2-4-11-21/h2-7,9-14,19H,8,15-18H2,1H3,(H,28,32)(H2,29,30,31,36). The Bertz CT molecular complexity index is 1160. The SMILES string of the molecule is COCCCNC(=O)c1ccccc1NC(=S)NC(=O)c1cccc(OCCOc2ccccc2)c1. The summed E-state index contributed by atoms with van der Waals surface area (Å²) in [5.74, 6) is 0.651. The molecule has 0 heterocycles. The molecule has 0 radical (unpaired) electrons. The van der Waals surface area contributed by atoms with Crippen molar-refractivity contribution in [3.63, 3.8) is 0 Å². The summed E-state index contributed by atoms with van der Waals surface area (Å²) in [6.07, 6.45) is 0.704. The summed E-state index contributed by atoms with van der Waals surface area (Å²) < 4.78 is 16.3. The Kier molecular flexibility index (Phi) is 10.7. The molecule has 188 valence electrons. The van der Waals surface area contributed by atoms with E-state index in [-0.39, 0.29) is 11.0 Å². The van der Waals surface area contributed by atoms with Gasteiger partial charge >= 0.3 is 0 Å². The van der Waals surface area contributed by atoms with Crippen LogP contribution in [0.1, 0.15) is 27.1 Å². The van der Waals surface area contributed by atoms with Crippen LogP contribution in [0.5, 0.6) is 11.5 Å². The van der Waals surface area contributed by atoms with Crippen molar-refractivity contribution in [3.8, 4) is 11.5 Å². The molecule has 9 heteroatoms. The molecule has 3 aromatic carbocycles. The van der Waals surface area contributed by atoms with Gasteiger partial charge in [0.05, 0.1) is 11.3 Å². The highest BCUT2D eigenvalue weighted by Crippen LogP contribution is 2.16. The van der Waals surface area contributed by atoms with Crippen LogP contribution in [0, 0.1) is 0 Å². The Morgan fingerprint density at radius 1 is 0.806 bits per heavy atom. The maximum Gasteiger partial charge on any atom is 0.257 e. The van der Waals surface area contributed by atoms with Gasteiger partial charge in [-0.25, -0.2) is 0 Å². The molecule has 8 nitrogen and oxygen atoms in total. The molecular weight excluding hydrogens is 478 g/mol. The van der Waals surface area contributed by atoms with Crippen LogP contribution < -0.4 is 25.4 Å². The summed E-state index contributed by atoms with van der Waals surface area (Å²) in [5.41, 5.74) is 1.28. The number of carbonyl (C=O) groups is 2. The zero-order chi connectivity index (χ0) is 25.6. The maximum atomic E-state index is 12.7. The van der Waals surface area contributed by atoms with E-state index in [0.29, 0.717) is 55.4 Å². The van der Waals surface area contributed by atoms with E-state index in [2.05, 4.69) is 16.0 Å². The number of benzene rings is 3. The molecule has 0 aliphatic heterocycles. The minimum Gasteiger partial charge on any atom is -0.490 e. The third-order valence-corrected chi connectivity index (χ3v) is 5.12. The van der Waals surface area contributed by atoms with Crippen LogP contribution in [-0.4, -0.2) is 50.4 Å². The van der Waals surface area contributed by atoms with Gasteiger partial charge in [-0.15, -0.1) is 0 Å². The van der Waals surface area contributed by atoms with Crippen molar-refractivity contribution in [2.24, 2.45) is 0 Å². The number of thiocarbonyl (C=S) groups is 1. The van der Waals surface area contributed by atoms with Gasteiger partial charge in [-0.2, -0.15) is 0 Å². The molecule has 0 spiro atoms. The number of para-hydroxylation sites is 2. The van der Waals surface area contributed by atoms with Gasteiger partial charge in [0, 0.05) is 25.8 Å². The summed E-state index contributed by atoms with van der Waals surface area (Å²) >= 11 is 5.31. The van der Waals surface area contributed by atoms with Crippen molar-refractivity contribution in [1.82, 2.24) is 10.6 Å². The lowest BCUT2D eigenvalue weighted by molar-refractivity contribution is 0.0947. The van der Waals surface area contributed by atoms with Gasteiger partial charge in [0.25, 0.3) is 11.8 Å². The number of ether oxygens (including phenoxy) is 3. The third kappa shape index (κ3) is 8.68. The first-order valence-corrected chi connectivity index (χ1v) is 11.9. The zero-order valence-electron chi connectivity index (χ0n) is 20.0. The Hall–Kier alpha value is -3.95. The molecule has 0 aliphatic carbocycles. The Balaban J connectivity index is 1.50. The molecule has 0 saturated carbocycles. The Morgan fingerprint density at radius 2 is 1.50 bits per heavy atom. The summed E-state index contributed by atoms with van der Waals surface area (Å²) in [4.78, 5) is 25.3. The first-order valence-electron chi connectivity index (χ1n) is 11.5. The summed E-state index contributed by atoms with van der Waals surface area (Å²) in [7, 11) is 1.61. The Morgan fingerprint density at radius 3 is 2.28 bits per heavy atom. The molecule has 36 heavy (non-hydrogen) atoms. The van der Waals surface area contributed by atoms with E-state index in [1.165, 1.54) is 0 Å². The quantitative estimate of drug-likeness (QED) is 0.251.